The predicted molar refractivity (Wildman–Crippen MR) is 171 cm³/mol. The van der Waals surface area contributed by atoms with E-state index in [-0.39, 0.29) is 37.4 Å². The summed E-state index contributed by atoms with van der Waals surface area (Å²) in [6.07, 6.45) is 4.69. The standard InChI is InChI=1S/C36H45N3O5/c1-7-21-37(26-17-13-10-14-18-26)31(41)28-29-32(42)39(27(24-40)23-25-15-11-9-12-16-25)30(36(29)20-19-35(28,6)44-36)33(43)38(22-8-2)34(3,4)5/h7-18,27-30,40H,1-2,19-24H2,3-6H3/t27-,28-,29+,30?,35+,36?/m1/s1. The minimum absolute atomic E-state index is 0.228. The number of rotatable bonds is 11. The maximum absolute atomic E-state index is 14.8. The molecule has 2 aromatic rings. The molecule has 2 aromatic carbocycles. The van der Waals surface area contributed by atoms with Gasteiger partial charge in [-0.15, -0.1) is 13.2 Å². The summed E-state index contributed by atoms with van der Waals surface area (Å²) in [7, 11) is 0. The van der Waals surface area contributed by atoms with E-state index in [4.69, 9.17) is 4.74 Å². The van der Waals surface area contributed by atoms with Gasteiger partial charge in [0, 0.05) is 24.3 Å². The summed E-state index contributed by atoms with van der Waals surface area (Å²) in [5.41, 5.74) is -1.09. The van der Waals surface area contributed by atoms with Crippen molar-refractivity contribution in [3.05, 3.63) is 91.5 Å². The Morgan fingerprint density at radius 2 is 1.64 bits per heavy atom. The summed E-state index contributed by atoms with van der Waals surface area (Å²) in [6.45, 7) is 15.7. The molecule has 3 amide bonds. The predicted octanol–water partition coefficient (Wildman–Crippen LogP) is 4.39. The molecule has 0 aromatic heterocycles. The lowest BCUT2D eigenvalue weighted by Gasteiger charge is -2.43. The van der Waals surface area contributed by atoms with Gasteiger partial charge < -0.3 is 24.5 Å². The summed E-state index contributed by atoms with van der Waals surface area (Å²) in [6, 6.07) is 17.3. The molecule has 44 heavy (non-hydrogen) atoms. The second kappa shape index (κ2) is 12.0. The Morgan fingerprint density at radius 3 is 2.20 bits per heavy atom. The molecule has 8 heteroatoms. The third-order valence-corrected chi connectivity index (χ3v) is 9.67. The number of aliphatic hydroxyl groups is 1. The number of fused-ring (bicyclic) bond motifs is 1. The van der Waals surface area contributed by atoms with Gasteiger partial charge in [-0.05, 0) is 64.7 Å². The lowest BCUT2D eigenvalue weighted by molar-refractivity contribution is -0.157. The number of nitrogens with zero attached hydrogens (tertiary/aromatic N) is 3. The van der Waals surface area contributed by atoms with Crippen molar-refractivity contribution in [2.24, 2.45) is 11.8 Å². The molecule has 0 radical (unpaired) electrons. The number of aliphatic hydroxyl groups excluding tert-OH is 1. The number of likely N-dealkylation sites (tertiary alicyclic amines) is 1. The molecular formula is C36H45N3O5. The number of carbonyl (C=O) groups excluding carboxylic acids is 3. The topological polar surface area (TPSA) is 90.4 Å². The van der Waals surface area contributed by atoms with Crippen LogP contribution in [0.25, 0.3) is 0 Å². The summed E-state index contributed by atoms with van der Waals surface area (Å²) >= 11 is 0. The van der Waals surface area contributed by atoms with Crippen molar-refractivity contribution in [1.29, 1.82) is 0 Å². The summed E-state index contributed by atoms with van der Waals surface area (Å²) in [4.78, 5) is 49.2. The second-order valence-electron chi connectivity index (χ2n) is 13.5. The molecule has 234 valence electrons. The fourth-order valence-corrected chi connectivity index (χ4v) is 7.75. The van der Waals surface area contributed by atoms with Crippen LogP contribution in [0, 0.1) is 11.8 Å². The maximum atomic E-state index is 14.8. The summed E-state index contributed by atoms with van der Waals surface area (Å²) in [5.74, 6) is -2.51. The van der Waals surface area contributed by atoms with Gasteiger partial charge in [0.25, 0.3) is 0 Å². The van der Waals surface area contributed by atoms with Crippen LogP contribution in [-0.4, -0.2) is 81.1 Å². The number of benzene rings is 2. The molecule has 3 heterocycles. The highest BCUT2D eigenvalue weighted by molar-refractivity contribution is 6.03. The molecule has 3 fully saturated rings. The zero-order valence-electron chi connectivity index (χ0n) is 26.3. The van der Waals surface area contributed by atoms with Gasteiger partial charge in [-0.1, -0.05) is 60.7 Å². The lowest BCUT2D eigenvalue weighted by atomic mass is 9.66. The Morgan fingerprint density at radius 1 is 1.02 bits per heavy atom. The van der Waals surface area contributed by atoms with Crippen LogP contribution in [0.2, 0.25) is 0 Å². The highest BCUT2D eigenvalue weighted by atomic mass is 16.5. The van der Waals surface area contributed by atoms with Crippen molar-refractivity contribution < 1.29 is 24.2 Å². The van der Waals surface area contributed by atoms with Crippen LogP contribution in [0.1, 0.15) is 46.1 Å². The van der Waals surface area contributed by atoms with E-state index < -0.39 is 40.7 Å². The first-order chi connectivity index (χ1) is 20.9. The quantitative estimate of drug-likeness (QED) is 0.387. The minimum atomic E-state index is -1.21. The Bertz CT molecular complexity index is 1410. The first-order valence-electron chi connectivity index (χ1n) is 15.5. The van der Waals surface area contributed by atoms with Gasteiger partial charge in [-0.3, -0.25) is 14.4 Å². The highest BCUT2D eigenvalue weighted by Gasteiger charge is 2.79. The second-order valence-corrected chi connectivity index (χ2v) is 13.5. The molecule has 3 aliphatic heterocycles. The Balaban J connectivity index is 1.64. The summed E-state index contributed by atoms with van der Waals surface area (Å²) < 4.78 is 6.90. The van der Waals surface area contributed by atoms with Gasteiger partial charge in [0.1, 0.15) is 11.6 Å². The largest absolute Gasteiger partial charge is 0.394 e. The third kappa shape index (κ3) is 5.18. The van der Waals surface area contributed by atoms with E-state index in [9.17, 15) is 19.5 Å². The molecule has 3 saturated heterocycles. The van der Waals surface area contributed by atoms with Crippen LogP contribution < -0.4 is 4.90 Å². The molecule has 0 saturated carbocycles. The van der Waals surface area contributed by atoms with Gasteiger partial charge in [0.05, 0.1) is 30.1 Å². The molecule has 8 nitrogen and oxygen atoms in total. The van der Waals surface area contributed by atoms with Crippen molar-refractivity contribution in [3.8, 4) is 0 Å². The van der Waals surface area contributed by atoms with Crippen LogP contribution in [-0.2, 0) is 25.5 Å². The number of hydrogen-bond acceptors (Lipinski definition) is 5. The number of ether oxygens (including phenoxy) is 1. The average molecular weight is 600 g/mol. The van der Waals surface area contributed by atoms with Crippen LogP contribution in [0.3, 0.4) is 0 Å². The van der Waals surface area contributed by atoms with Crippen molar-refractivity contribution in [3.63, 3.8) is 0 Å². The van der Waals surface area contributed by atoms with E-state index in [1.807, 2.05) is 88.4 Å². The van der Waals surface area contributed by atoms with E-state index in [2.05, 4.69) is 13.2 Å². The first kappa shape index (κ1) is 31.7. The third-order valence-electron chi connectivity index (χ3n) is 9.67. The van der Waals surface area contributed by atoms with Gasteiger partial charge >= 0.3 is 0 Å². The van der Waals surface area contributed by atoms with Crippen molar-refractivity contribution in [1.82, 2.24) is 9.80 Å². The Hall–Kier alpha value is -3.75. The van der Waals surface area contributed by atoms with E-state index in [0.29, 0.717) is 24.9 Å². The summed E-state index contributed by atoms with van der Waals surface area (Å²) in [5, 5.41) is 10.8. The SMILES string of the molecule is C=CCN(C(=O)[C@H]1[C@H]2C(=O)N([C@@H](CO)Cc3ccccc3)C(C(=O)N(CC=C)C(C)(C)C)C23CC[C@]1(C)O3)c1ccccc1. The smallest absolute Gasteiger partial charge is 0.249 e. The van der Waals surface area contributed by atoms with E-state index in [1.165, 1.54) is 0 Å². The Kier molecular flexibility index (Phi) is 8.62. The van der Waals surface area contributed by atoms with E-state index in [0.717, 1.165) is 5.56 Å². The fourth-order valence-electron chi connectivity index (χ4n) is 7.75. The molecule has 0 aliphatic carbocycles. The number of amides is 3. The van der Waals surface area contributed by atoms with Crippen LogP contribution in [0.15, 0.2) is 86.0 Å². The molecule has 5 rings (SSSR count). The van der Waals surface area contributed by atoms with Gasteiger partial charge in [-0.2, -0.15) is 0 Å². The molecule has 2 unspecified atom stereocenters. The van der Waals surface area contributed by atoms with Gasteiger partial charge in [0.2, 0.25) is 17.7 Å². The van der Waals surface area contributed by atoms with Gasteiger partial charge in [-0.25, -0.2) is 0 Å². The van der Waals surface area contributed by atoms with Crippen molar-refractivity contribution in [2.45, 2.75) is 75.8 Å². The van der Waals surface area contributed by atoms with E-state index in [1.54, 1.807) is 26.9 Å². The molecule has 3 aliphatic rings. The Labute approximate surface area is 261 Å². The van der Waals surface area contributed by atoms with E-state index >= 15 is 0 Å². The van der Waals surface area contributed by atoms with Gasteiger partial charge in [0.15, 0.2) is 0 Å². The normalized spacial score (nSPS) is 28.0. The monoisotopic (exact) mass is 599 g/mol. The van der Waals surface area contributed by atoms with Crippen molar-refractivity contribution in [2.75, 3.05) is 24.6 Å². The van der Waals surface area contributed by atoms with Crippen LogP contribution in [0.4, 0.5) is 5.69 Å². The lowest BCUT2D eigenvalue weighted by Crippen LogP contribution is -2.62. The molecule has 1 N–H and O–H groups in total. The number of anilines is 1. The maximum Gasteiger partial charge on any atom is 0.249 e. The van der Waals surface area contributed by atoms with Crippen LogP contribution >= 0.6 is 0 Å². The molecule has 1 spiro atoms. The molecule has 6 atom stereocenters. The molecule has 2 bridgehead atoms. The number of carbonyl (C=O) groups is 3. The molecular weight excluding hydrogens is 554 g/mol. The van der Waals surface area contributed by atoms with Crippen LogP contribution in [0.5, 0.6) is 0 Å². The highest BCUT2D eigenvalue weighted by Crippen LogP contribution is 2.64. The average Bonchev–Trinajstić information content (AvgIpc) is 3.57. The zero-order valence-corrected chi connectivity index (χ0v) is 26.3. The minimum Gasteiger partial charge on any atom is -0.394 e. The number of hydrogen-bond donors (Lipinski definition) is 1. The van der Waals surface area contributed by atoms with Crippen molar-refractivity contribution >= 4 is 23.4 Å². The zero-order chi connectivity index (χ0) is 31.9. The fraction of sp³-hybridized carbons (Fsp3) is 0.472. The first-order valence-corrected chi connectivity index (χ1v) is 15.5. The number of para-hydroxylation sites is 1.